The first kappa shape index (κ1) is 13.4. The van der Waals surface area contributed by atoms with E-state index in [0.717, 1.165) is 25.9 Å². The first-order valence-corrected chi connectivity index (χ1v) is 7.87. The third-order valence-corrected chi connectivity index (χ3v) is 5.45. The molecule has 0 bridgehead atoms. The van der Waals surface area contributed by atoms with Crippen LogP contribution in [0.25, 0.3) is 0 Å². The van der Waals surface area contributed by atoms with Crippen molar-refractivity contribution >= 4 is 5.91 Å². The number of ether oxygens (including phenoxy) is 1. The molecule has 2 unspecified atom stereocenters. The fourth-order valence-corrected chi connectivity index (χ4v) is 4.09. The number of nitrogens with zero attached hydrogens (tertiary/aromatic N) is 1. The highest BCUT2D eigenvalue weighted by Gasteiger charge is 2.40. The molecule has 2 aliphatic heterocycles. The first-order chi connectivity index (χ1) is 9.22. The summed E-state index contributed by atoms with van der Waals surface area (Å²) in [6.45, 7) is 2.41. The topological polar surface area (TPSA) is 55.6 Å². The lowest BCUT2D eigenvalue weighted by Crippen LogP contribution is -2.46. The predicted octanol–water partition coefficient (Wildman–Crippen LogP) is 1.68. The molecular formula is C15H26N2O2. The zero-order valence-electron chi connectivity index (χ0n) is 11.8. The summed E-state index contributed by atoms with van der Waals surface area (Å²) in [5, 5.41) is 0. The van der Waals surface area contributed by atoms with E-state index in [-0.39, 0.29) is 18.1 Å². The third-order valence-electron chi connectivity index (χ3n) is 5.45. The minimum absolute atomic E-state index is 0.0971. The molecule has 1 spiro atoms. The van der Waals surface area contributed by atoms with Gasteiger partial charge in [0.1, 0.15) is 6.10 Å². The molecule has 1 aliphatic carbocycles. The second-order valence-electron chi connectivity index (χ2n) is 6.59. The SMILES string of the molecule is NCC1CCC(C(=O)N2CCC3(CCCC3)CC2)O1. The smallest absolute Gasteiger partial charge is 0.251 e. The second-order valence-corrected chi connectivity index (χ2v) is 6.59. The molecule has 2 N–H and O–H groups in total. The van der Waals surface area contributed by atoms with E-state index in [4.69, 9.17) is 10.5 Å². The normalized spacial score (nSPS) is 34.1. The first-order valence-electron chi connectivity index (χ1n) is 7.87. The van der Waals surface area contributed by atoms with Crippen molar-refractivity contribution in [3.05, 3.63) is 0 Å². The summed E-state index contributed by atoms with van der Waals surface area (Å²) in [6, 6.07) is 0. The number of rotatable bonds is 2. The van der Waals surface area contributed by atoms with Crippen molar-refractivity contribution in [1.29, 1.82) is 0 Å². The molecular weight excluding hydrogens is 240 g/mol. The van der Waals surface area contributed by atoms with Crippen LogP contribution in [0.15, 0.2) is 0 Å². The fraction of sp³-hybridized carbons (Fsp3) is 0.933. The van der Waals surface area contributed by atoms with E-state index in [2.05, 4.69) is 0 Å². The van der Waals surface area contributed by atoms with Crippen LogP contribution in [0.1, 0.15) is 51.4 Å². The van der Waals surface area contributed by atoms with Crippen molar-refractivity contribution in [1.82, 2.24) is 4.90 Å². The summed E-state index contributed by atoms with van der Waals surface area (Å²) in [5.41, 5.74) is 6.18. The lowest BCUT2D eigenvalue weighted by atomic mass is 9.77. The van der Waals surface area contributed by atoms with Gasteiger partial charge < -0.3 is 15.4 Å². The Morgan fingerprint density at radius 1 is 1.16 bits per heavy atom. The van der Waals surface area contributed by atoms with Gasteiger partial charge in [-0.05, 0) is 43.9 Å². The summed E-state index contributed by atoms with van der Waals surface area (Å²) in [6.07, 6.45) is 9.60. The standard InChI is InChI=1S/C15H26N2O2/c16-11-12-3-4-13(19-12)14(18)17-9-7-15(8-10-17)5-1-2-6-15/h12-13H,1-11,16H2. The average molecular weight is 266 g/mol. The van der Waals surface area contributed by atoms with E-state index < -0.39 is 0 Å². The van der Waals surface area contributed by atoms with Crippen molar-refractivity contribution < 1.29 is 9.53 Å². The maximum Gasteiger partial charge on any atom is 0.251 e. The number of hydrogen-bond acceptors (Lipinski definition) is 3. The minimum Gasteiger partial charge on any atom is -0.364 e. The van der Waals surface area contributed by atoms with Crippen LogP contribution in [0, 0.1) is 5.41 Å². The van der Waals surface area contributed by atoms with Crippen molar-refractivity contribution in [3.8, 4) is 0 Å². The van der Waals surface area contributed by atoms with Gasteiger partial charge in [0.05, 0.1) is 6.10 Å². The number of carbonyl (C=O) groups excluding carboxylic acids is 1. The van der Waals surface area contributed by atoms with E-state index >= 15 is 0 Å². The number of hydrogen-bond donors (Lipinski definition) is 1. The highest BCUT2D eigenvalue weighted by Crippen LogP contribution is 2.46. The zero-order valence-corrected chi connectivity index (χ0v) is 11.8. The van der Waals surface area contributed by atoms with Crippen LogP contribution in [0.5, 0.6) is 0 Å². The third kappa shape index (κ3) is 2.65. The fourth-order valence-electron chi connectivity index (χ4n) is 4.09. The van der Waals surface area contributed by atoms with Gasteiger partial charge in [-0.1, -0.05) is 12.8 Å². The van der Waals surface area contributed by atoms with E-state index in [0.29, 0.717) is 12.0 Å². The van der Waals surface area contributed by atoms with Gasteiger partial charge in [-0.25, -0.2) is 0 Å². The van der Waals surface area contributed by atoms with E-state index in [9.17, 15) is 4.79 Å². The molecule has 19 heavy (non-hydrogen) atoms. The van der Waals surface area contributed by atoms with Crippen LogP contribution in [0.3, 0.4) is 0 Å². The summed E-state index contributed by atoms with van der Waals surface area (Å²) >= 11 is 0. The Labute approximate surface area is 115 Å². The average Bonchev–Trinajstić information content (AvgIpc) is 3.08. The molecule has 0 aromatic heterocycles. The molecule has 1 amide bonds. The van der Waals surface area contributed by atoms with Crippen molar-refractivity contribution in [3.63, 3.8) is 0 Å². The Balaban J connectivity index is 1.52. The maximum absolute atomic E-state index is 12.4. The van der Waals surface area contributed by atoms with Gasteiger partial charge in [0.15, 0.2) is 0 Å². The summed E-state index contributed by atoms with van der Waals surface area (Å²) in [4.78, 5) is 14.5. The van der Waals surface area contributed by atoms with Gasteiger partial charge >= 0.3 is 0 Å². The van der Waals surface area contributed by atoms with Gasteiger partial charge in [0.2, 0.25) is 0 Å². The molecule has 4 heteroatoms. The molecule has 3 rings (SSSR count). The number of nitrogens with two attached hydrogens (primary N) is 1. The summed E-state index contributed by atoms with van der Waals surface area (Å²) in [5.74, 6) is 0.212. The van der Waals surface area contributed by atoms with Gasteiger partial charge in [0, 0.05) is 19.6 Å². The molecule has 0 aromatic rings. The summed E-state index contributed by atoms with van der Waals surface area (Å²) < 4.78 is 5.73. The van der Waals surface area contributed by atoms with Crippen LogP contribution in [-0.4, -0.2) is 42.6 Å². The van der Waals surface area contributed by atoms with Crippen LogP contribution < -0.4 is 5.73 Å². The molecule has 2 heterocycles. The quantitative estimate of drug-likeness (QED) is 0.827. The van der Waals surface area contributed by atoms with Gasteiger partial charge in [0.25, 0.3) is 5.91 Å². The second kappa shape index (κ2) is 5.41. The monoisotopic (exact) mass is 266 g/mol. The number of carbonyl (C=O) groups is 1. The molecule has 0 radical (unpaired) electrons. The maximum atomic E-state index is 12.4. The Kier molecular flexibility index (Phi) is 3.81. The Bertz CT molecular complexity index is 329. The van der Waals surface area contributed by atoms with E-state index in [1.807, 2.05) is 4.90 Å². The van der Waals surface area contributed by atoms with Crippen molar-refractivity contribution in [2.45, 2.75) is 63.6 Å². The number of piperidine rings is 1. The molecule has 2 saturated heterocycles. The molecule has 3 fully saturated rings. The van der Waals surface area contributed by atoms with Crippen LogP contribution in [0.2, 0.25) is 0 Å². The van der Waals surface area contributed by atoms with Crippen molar-refractivity contribution in [2.75, 3.05) is 19.6 Å². The van der Waals surface area contributed by atoms with E-state index in [1.54, 1.807) is 0 Å². The van der Waals surface area contributed by atoms with Crippen molar-refractivity contribution in [2.24, 2.45) is 11.1 Å². The lowest BCUT2D eigenvalue weighted by molar-refractivity contribution is -0.145. The zero-order chi connectivity index (χ0) is 13.3. The van der Waals surface area contributed by atoms with Gasteiger partial charge in [-0.15, -0.1) is 0 Å². The minimum atomic E-state index is -0.217. The molecule has 1 saturated carbocycles. The molecule has 3 aliphatic rings. The predicted molar refractivity (Wildman–Crippen MR) is 73.7 cm³/mol. The summed E-state index contributed by atoms with van der Waals surface area (Å²) in [7, 11) is 0. The van der Waals surface area contributed by atoms with E-state index in [1.165, 1.54) is 38.5 Å². The molecule has 108 valence electrons. The van der Waals surface area contributed by atoms with Gasteiger partial charge in [-0.2, -0.15) is 0 Å². The Morgan fingerprint density at radius 2 is 1.84 bits per heavy atom. The van der Waals surface area contributed by atoms with Crippen LogP contribution >= 0.6 is 0 Å². The van der Waals surface area contributed by atoms with Gasteiger partial charge in [-0.3, -0.25) is 4.79 Å². The largest absolute Gasteiger partial charge is 0.364 e. The van der Waals surface area contributed by atoms with Crippen LogP contribution in [-0.2, 0) is 9.53 Å². The Hall–Kier alpha value is -0.610. The molecule has 0 aromatic carbocycles. The number of amides is 1. The van der Waals surface area contributed by atoms with Crippen LogP contribution in [0.4, 0.5) is 0 Å². The number of likely N-dealkylation sites (tertiary alicyclic amines) is 1. The molecule has 2 atom stereocenters. The highest BCUT2D eigenvalue weighted by atomic mass is 16.5. The molecule has 4 nitrogen and oxygen atoms in total. The Morgan fingerprint density at radius 3 is 2.42 bits per heavy atom. The highest BCUT2D eigenvalue weighted by molar-refractivity contribution is 5.81. The lowest BCUT2D eigenvalue weighted by Gasteiger charge is -2.40.